The quantitative estimate of drug-likeness (QED) is 0.308. The summed E-state index contributed by atoms with van der Waals surface area (Å²) in [6.45, 7) is 3.79. The predicted molar refractivity (Wildman–Crippen MR) is 126 cm³/mol. The zero-order valence-corrected chi connectivity index (χ0v) is 19.5. The molecular weight excluding hydrogens is 458 g/mol. The van der Waals surface area contributed by atoms with Gasteiger partial charge in [-0.15, -0.1) is 11.8 Å². The van der Waals surface area contributed by atoms with Crippen molar-refractivity contribution < 1.29 is 19.2 Å². The molecule has 0 aliphatic carbocycles. The van der Waals surface area contributed by atoms with E-state index in [-0.39, 0.29) is 23.7 Å². The van der Waals surface area contributed by atoms with Crippen LogP contribution in [0.5, 0.6) is 0 Å². The normalized spacial score (nSPS) is 24.0. The topological polar surface area (TPSA) is 135 Å². The highest BCUT2D eigenvalue weighted by Crippen LogP contribution is 2.40. The van der Waals surface area contributed by atoms with Gasteiger partial charge in [-0.1, -0.05) is 12.1 Å². The largest absolute Gasteiger partial charge is 0.463 e. The number of ether oxygens (including phenoxy) is 1. The molecule has 2 aromatic rings. The molecule has 1 aromatic heterocycles. The van der Waals surface area contributed by atoms with Crippen LogP contribution in [-0.2, 0) is 20.1 Å². The minimum atomic E-state index is -0.582. The molecular formula is C23H25N5O5S. The first-order valence-electron chi connectivity index (χ1n) is 10.8. The molecule has 10 nitrogen and oxygen atoms in total. The molecule has 1 fully saturated rings. The Hall–Kier alpha value is -3.44. The SMILES string of the molecule is CCOC(=O)C1=C(C)NC2NC(SCc3ccc([N+](=O)[O-])cc3)NC(=O)C2C1c1ccncc1. The number of rotatable bonds is 7. The van der Waals surface area contributed by atoms with E-state index in [1.807, 2.05) is 19.1 Å². The standard InChI is InChI=1S/C23H25N5O5S/c1-3-33-22(30)17-13(2)25-20-19(18(17)15-8-10-24-11-9-15)21(29)27-23(26-20)34-12-14-4-6-16(7-5-14)28(31)32/h4-11,18-20,23,25-26H,3,12H2,1-2H3,(H,27,29). The van der Waals surface area contributed by atoms with E-state index in [1.165, 1.54) is 23.9 Å². The molecule has 178 valence electrons. The Morgan fingerprint density at radius 3 is 2.53 bits per heavy atom. The molecule has 0 spiro atoms. The van der Waals surface area contributed by atoms with Gasteiger partial charge in [-0.3, -0.25) is 25.2 Å². The summed E-state index contributed by atoms with van der Waals surface area (Å²) in [5.41, 5.74) is 2.45. The highest BCUT2D eigenvalue weighted by Gasteiger charge is 2.48. The predicted octanol–water partition coefficient (Wildman–Crippen LogP) is 2.39. The number of allylic oxidation sites excluding steroid dienone is 1. The van der Waals surface area contributed by atoms with Crippen molar-refractivity contribution in [2.45, 2.75) is 37.2 Å². The Balaban J connectivity index is 1.54. The average Bonchev–Trinajstić information content (AvgIpc) is 2.82. The molecule has 3 N–H and O–H groups in total. The van der Waals surface area contributed by atoms with E-state index in [2.05, 4.69) is 20.9 Å². The van der Waals surface area contributed by atoms with Gasteiger partial charge in [-0.05, 0) is 37.1 Å². The molecule has 2 aliphatic rings. The van der Waals surface area contributed by atoms with Crippen molar-refractivity contribution in [2.24, 2.45) is 5.92 Å². The van der Waals surface area contributed by atoms with Gasteiger partial charge in [-0.25, -0.2) is 4.79 Å². The van der Waals surface area contributed by atoms with Crippen LogP contribution in [0.3, 0.4) is 0 Å². The minimum Gasteiger partial charge on any atom is -0.463 e. The highest BCUT2D eigenvalue weighted by atomic mass is 32.2. The second kappa shape index (κ2) is 10.2. The van der Waals surface area contributed by atoms with Crippen molar-refractivity contribution >= 4 is 29.3 Å². The Bertz CT molecular complexity index is 1110. The number of nitro groups is 1. The molecule has 1 saturated heterocycles. The van der Waals surface area contributed by atoms with E-state index < -0.39 is 28.9 Å². The first kappa shape index (κ1) is 23.7. The monoisotopic (exact) mass is 483 g/mol. The second-order valence-corrected chi connectivity index (χ2v) is 9.05. The fourth-order valence-corrected chi connectivity index (χ4v) is 5.30. The van der Waals surface area contributed by atoms with E-state index in [0.717, 1.165) is 11.1 Å². The van der Waals surface area contributed by atoms with Crippen molar-refractivity contribution in [2.75, 3.05) is 6.61 Å². The number of hydrogen-bond donors (Lipinski definition) is 3. The molecule has 1 amide bonds. The van der Waals surface area contributed by atoms with Crippen LogP contribution in [0.4, 0.5) is 5.69 Å². The van der Waals surface area contributed by atoms with Crippen LogP contribution in [0.25, 0.3) is 0 Å². The molecule has 0 saturated carbocycles. The Morgan fingerprint density at radius 2 is 1.88 bits per heavy atom. The summed E-state index contributed by atoms with van der Waals surface area (Å²) in [4.78, 5) is 40.6. The van der Waals surface area contributed by atoms with Gasteiger partial charge in [0.1, 0.15) is 5.50 Å². The highest BCUT2D eigenvalue weighted by molar-refractivity contribution is 7.99. The summed E-state index contributed by atoms with van der Waals surface area (Å²) in [7, 11) is 0. The Labute approximate surface area is 200 Å². The molecule has 11 heteroatoms. The minimum absolute atomic E-state index is 0.0360. The number of esters is 1. The van der Waals surface area contributed by atoms with Gasteiger partial charge in [-0.2, -0.15) is 0 Å². The summed E-state index contributed by atoms with van der Waals surface area (Å²) in [6, 6.07) is 9.95. The van der Waals surface area contributed by atoms with E-state index >= 15 is 0 Å². The van der Waals surface area contributed by atoms with E-state index in [9.17, 15) is 19.7 Å². The summed E-state index contributed by atoms with van der Waals surface area (Å²) < 4.78 is 5.30. The van der Waals surface area contributed by atoms with E-state index in [4.69, 9.17) is 4.74 Å². The van der Waals surface area contributed by atoms with Gasteiger partial charge in [0.15, 0.2) is 0 Å². The van der Waals surface area contributed by atoms with Crippen molar-refractivity contribution in [3.8, 4) is 0 Å². The van der Waals surface area contributed by atoms with Crippen molar-refractivity contribution in [1.82, 2.24) is 20.9 Å². The van der Waals surface area contributed by atoms with Crippen LogP contribution in [0.2, 0.25) is 0 Å². The van der Waals surface area contributed by atoms with Crippen molar-refractivity contribution in [1.29, 1.82) is 0 Å². The number of fused-ring (bicyclic) bond motifs is 1. The van der Waals surface area contributed by atoms with Crippen molar-refractivity contribution in [3.05, 3.63) is 81.3 Å². The lowest BCUT2D eigenvalue weighted by Crippen LogP contribution is -2.67. The Kier molecular flexibility index (Phi) is 7.13. The third-order valence-corrected chi connectivity index (χ3v) is 6.92. The molecule has 34 heavy (non-hydrogen) atoms. The lowest BCUT2D eigenvalue weighted by Gasteiger charge is -2.45. The maximum absolute atomic E-state index is 13.3. The van der Waals surface area contributed by atoms with E-state index in [1.54, 1.807) is 31.5 Å². The zero-order chi connectivity index (χ0) is 24.2. The molecule has 3 heterocycles. The number of carbonyl (C=O) groups is 2. The van der Waals surface area contributed by atoms with Gasteiger partial charge in [0.2, 0.25) is 5.91 Å². The third-order valence-electron chi connectivity index (χ3n) is 5.84. The number of non-ortho nitro benzene ring substituents is 1. The van der Waals surface area contributed by atoms with Gasteiger partial charge in [0.25, 0.3) is 5.69 Å². The maximum atomic E-state index is 13.3. The number of carbonyl (C=O) groups excluding carboxylic acids is 2. The van der Waals surface area contributed by atoms with Crippen LogP contribution in [0.1, 0.15) is 30.9 Å². The van der Waals surface area contributed by atoms with Crippen LogP contribution in [-0.4, -0.2) is 40.1 Å². The fraction of sp³-hybridized carbons (Fsp3) is 0.348. The molecule has 4 rings (SSSR count). The molecule has 0 bridgehead atoms. The summed E-state index contributed by atoms with van der Waals surface area (Å²) in [5, 5.41) is 20.5. The first-order chi connectivity index (χ1) is 16.4. The van der Waals surface area contributed by atoms with Crippen LogP contribution >= 0.6 is 11.8 Å². The first-order valence-corrected chi connectivity index (χ1v) is 11.9. The summed E-state index contributed by atoms with van der Waals surface area (Å²) in [5.74, 6) is -1.17. The zero-order valence-electron chi connectivity index (χ0n) is 18.7. The number of amides is 1. The fourth-order valence-electron chi connectivity index (χ4n) is 4.30. The molecule has 4 unspecified atom stereocenters. The van der Waals surface area contributed by atoms with Crippen molar-refractivity contribution in [3.63, 3.8) is 0 Å². The van der Waals surface area contributed by atoms with Crippen LogP contribution < -0.4 is 16.0 Å². The van der Waals surface area contributed by atoms with Gasteiger partial charge < -0.3 is 15.4 Å². The van der Waals surface area contributed by atoms with Gasteiger partial charge in [0.05, 0.1) is 29.2 Å². The van der Waals surface area contributed by atoms with E-state index in [0.29, 0.717) is 17.0 Å². The number of nitrogens with one attached hydrogen (secondary N) is 3. The molecule has 4 atom stereocenters. The van der Waals surface area contributed by atoms with Gasteiger partial charge >= 0.3 is 5.97 Å². The number of pyridine rings is 1. The number of nitro benzene ring substituents is 1. The smallest absolute Gasteiger partial charge is 0.336 e. The second-order valence-electron chi connectivity index (χ2n) is 7.96. The number of benzene rings is 1. The number of thioether (sulfide) groups is 1. The molecule has 0 radical (unpaired) electrons. The lowest BCUT2D eigenvalue weighted by atomic mass is 9.74. The number of nitrogens with zero attached hydrogens (tertiary/aromatic N) is 2. The van der Waals surface area contributed by atoms with Gasteiger partial charge in [0, 0.05) is 41.9 Å². The summed E-state index contributed by atoms with van der Waals surface area (Å²) >= 11 is 1.47. The summed E-state index contributed by atoms with van der Waals surface area (Å²) in [6.07, 6.45) is 2.88. The average molecular weight is 484 g/mol. The lowest BCUT2D eigenvalue weighted by molar-refractivity contribution is -0.384. The number of aromatic nitrogens is 1. The Morgan fingerprint density at radius 1 is 1.18 bits per heavy atom. The maximum Gasteiger partial charge on any atom is 0.336 e. The third kappa shape index (κ3) is 4.90. The number of hydrogen-bond acceptors (Lipinski definition) is 9. The molecule has 2 aliphatic heterocycles. The molecule has 1 aromatic carbocycles. The van der Waals surface area contributed by atoms with Crippen LogP contribution in [0.15, 0.2) is 60.1 Å². The van der Waals surface area contributed by atoms with Crippen LogP contribution in [0, 0.1) is 16.0 Å².